The van der Waals surface area contributed by atoms with E-state index in [4.69, 9.17) is 5.11 Å². The average Bonchev–Trinajstić information content (AvgIpc) is 2.36. The Balaban J connectivity index is 2.57. The highest BCUT2D eigenvalue weighted by atomic mass is 32.2. The van der Waals surface area contributed by atoms with Gasteiger partial charge in [-0.2, -0.15) is 24.9 Å². The zero-order chi connectivity index (χ0) is 15.3. The Morgan fingerprint density at radius 1 is 1.40 bits per heavy atom. The van der Waals surface area contributed by atoms with E-state index in [0.717, 1.165) is 17.3 Å². The zero-order valence-electron chi connectivity index (χ0n) is 11.1. The predicted molar refractivity (Wildman–Crippen MR) is 72.7 cm³/mol. The first kappa shape index (κ1) is 16.8. The molecule has 0 aromatic heterocycles. The van der Waals surface area contributed by atoms with Crippen LogP contribution in [0, 0.1) is 0 Å². The van der Waals surface area contributed by atoms with Crippen molar-refractivity contribution in [3.63, 3.8) is 0 Å². The fourth-order valence-electron chi connectivity index (χ4n) is 1.44. The Bertz CT molecular complexity index is 463. The van der Waals surface area contributed by atoms with Crippen molar-refractivity contribution in [2.75, 3.05) is 19.8 Å². The number of benzene rings is 1. The number of aliphatic hydroxyl groups is 1. The van der Waals surface area contributed by atoms with Gasteiger partial charge < -0.3 is 10.0 Å². The molecular weight excluding hydrogens is 291 g/mol. The van der Waals surface area contributed by atoms with Crippen molar-refractivity contribution in [2.24, 2.45) is 0 Å². The lowest BCUT2D eigenvalue weighted by Crippen LogP contribution is -2.30. The minimum Gasteiger partial charge on any atom is -0.383 e. The molecule has 0 aliphatic heterocycles. The molecule has 0 aliphatic carbocycles. The first-order valence-corrected chi connectivity index (χ1v) is 7.00. The van der Waals surface area contributed by atoms with Crippen molar-refractivity contribution in [1.29, 1.82) is 0 Å². The lowest BCUT2D eigenvalue weighted by Gasteiger charge is -2.14. The van der Waals surface area contributed by atoms with Crippen molar-refractivity contribution in [3.8, 4) is 0 Å². The van der Waals surface area contributed by atoms with Gasteiger partial charge in [0.25, 0.3) is 5.91 Å². The molecule has 1 aromatic carbocycles. The van der Waals surface area contributed by atoms with Gasteiger partial charge in [-0.15, -0.1) is 0 Å². The van der Waals surface area contributed by atoms with E-state index >= 15 is 0 Å². The van der Waals surface area contributed by atoms with Gasteiger partial charge in [0.15, 0.2) is 6.10 Å². The van der Waals surface area contributed by atoms with Crippen LogP contribution in [0.1, 0.15) is 15.9 Å². The molecule has 0 saturated heterocycles. The van der Waals surface area contributed by atoms with Gasteiger partial charge in [0, 0.05) is 31.2 Å². The summed E-state index contributed by atoms with van der Waals surface area (Å²) in [5.74, 6) is -0.274. The summed E-state index contributed by atoms with van der Waals surface area (Å²) in [6.07, 6.45) is -6.91. The molecule has 0 saturated carbocycles. The van der Waals surface area contributed by atoms with Gasteiger partial charge in [-0.1, -0.05) is 12.1 Å². The highest BCUT2D eigenvalue weighted by molar-refractivity contribution is 7.98. The molecule has 1 atom stereocenters. The summed E-state index contributed by atoms with van der Waals surface area (Å²) in [5.41, 5.74) is 1.24. The summed E-state index contributed by atoms with van der Waals surface area (Å²) in [5, 5.41) is 8.87. The monoisotopic (exact) mass is 307 g/mol. The Morgan fingerprint density at radius 2 is 2.05 bits per heavy atom. The molecule has 112 valence electrons. The lowest BCUT2D eigenvalue weighted by atomic mass is 10.1. The standard InChI is InChI=1S/C13H16F3NO2S/c1-17(2)12(19)10-5-3-4-9(6-10)7-20-8-11(18)13(14,15)16/h3-6,11,18H,7-8H2,1-2H3/t11-/m1/s1. The number of halogens is 3. The van der Waals surface area contributed by atoms with Crippen LogP contribution < -0.4 is 0 Å². The number of hydrogen-bond acceptors (Lipinski definition) is 3. The van der Waals surface area contributed by atoms with Crippen molar-refractivity contribution in [1.82, 2.24) is 4.90 Å². The maximum absolute atomic E-state index is 12.1. The Morgan fingerprint density at radius 3 is 2.60 bits per heavy atom. The number of alkyl halides is 3. The van der Waals surface area contributed by atoms with Gasteiger partial charge in [0.1, 0.15) is 0 Å². The Kier molecular flexibility index (Phi) is 5.88. The molecule has 0 spiro atoms. The normalized spacial score (nSPS) is 13.1. The molecule has 20 heavy (non-hydrogen) atoms. The van der Waals surface area contributed by atoms with Gasteiger partial charge in [0.2, 0.25) is 0 Å². The topological polar surface area (TPSA) is 40.5 Å². The van der Waals surface area contributed by atoms with E-state index in [2.05, 4.69) is 0 Å². The van der Waals surface area contributed by atoms with Crippen LogP contribution in [0.25, 0.3) is 0 Å². The van der Waals surface area contributed by atoms with Crippen molar-refractivity contribution >= 4 is 17.7 Å². The maximum atomic E-state index is 12.1. The van der Waals surface area contributed by atoms with Crippen molar-refractivity contribution in [3.05, 3.63) is 35.4 Å². The summed E-state index contributed by atoms with van der Waals surface area (Å²) in [6, 6.07) is 6.72. The fraction of sp³-hybridized carbons (Fsp3) is 0.462. The third kappa shape index (κ3) is 5.05. The third-order valence-corrected chi connectivity index (χ3v) is 3.59. The van der Waals surface area contributed by atoms with Crippen LogP contribution in [0.15, 0.2) is 24.3 Å². The maximum Gasteiger partial charge on any atom is 0.415 e. The van der Waals surface area contributed by atoms with Crippen LogP contribution in [0.5, 0.6) is 0 Å². The van der Waals surface area contributed by atoms with Crippen LogP contribution in [0.4, 0.5) is 13.2 Å². The fourth-order valence-corrected chi connectivity index (χ4v) is 2.38. The first-order chi connectivity index (χ1) is 9.21. The van der Waals surface area contributed by atoms with Gasteiger partial charge in [-0.3, -0.25) is 4.79 Å². The average molecular weight is 307 g/mol. The van der Waals surface area contributed by atoms with Crippen LogP contribution >= 0.6 is 11.8 Å². The highest BCUT2D eigenvalue weighted by Gasteiger charge is 2.37. The van der Waals surface area contributed by atoms with Gasteiger partial charge >= 0.3 is 6.18 Å². The molecule has 0 fully saturated rings. The number of carbonyl (C=O) groups excluding carboxylic acids is 1. The molecule has 0 aliphatic rings. The molecule has 0 bridgehead atoms. The molecule has 0 unspecified atom stereocenters. The summed E-state index contributed by atoms with van der Waals surface area (Å²) in [6.45, 7) is 0. The van der Waals surface area contributed by atoms with Gasteiger partial charge in [-0.05, 0) is 17.7 Å². The van der Waals surface area contributed by atoms with E-state index in [1.54, 1.807) is 38.4 Å². The second kappa shape index (κ2) is 6.99. The first-order valence-electron chi connectivity index (χ1n) is 5.85. The van der Waals surface area contributed by atoms with Crippen LogP contribution in [0.2, 0.25) is 0 Å². The van der Waals surface area contributed by atoms with Gasteiger partial charge in [-0.25, -0.2) is 0 Å². The molecule has 1 N–H and O–H groups in total. The van der Waals surface area contributed by atoms with E-state index in [1.165, 1.54) is 4.90 Å². The minimum absolute atomic E-state index is 0.160. The minimum atomic E-state index is -4.59. The summed E-state index contributed by atoms with van der Waals surface area (Å²) < 4.78 is 36.4. The zero-order valence-corrected chi connectivity index (χ0v) is 12.0. The third-order valence-electron chi connectivity index (χ3n) is 2.50. The van der Waals surface area contributed by atoms with Crippen LogP contribution in [-0.4, -0.2) is 48.0 Å². The number of aliphatic hydroxyl groups excluding tert-OH is 1. The molecule has 0 radical (unpaired) electrons. The number of amides is 1. The van der Waals surface area contributed by atoms with E-state index in [1.807, 2.05) is 0 Å². The lowest BCUT2D eigenvalue weighted by molar-refractivity contribution is -0.195. The Hall–Kier alpha value is -1.21. The molecule has 1 rings (SSSR count). The molecular formula is C13H16F3NO2S. The van der Waals surface area contributed by atoms with E-state index < -0.39 is 18.0 Å². The molecule has 7 heteroatoms. The molecule has 0 heterocycles. The number of nitrogens with zero attached hydrogens (tertiary/aromatic N) is 1. The van der Waals surface area contributed by atoms with Crippen LogP contribution in [-0.2, 0) is 5.75 Å². The Labute approximate surface area is 119 Å². The SMILES string of the molecule is CN(C)C(=O)c1cccc(CSC[C@@H](O)C(F)(F)F)c1. The predicted octanol–water partition coefficient (Wildman–Crippen LogP) is 2.54. The molecule has 3 nitrogen and oxygen atoms in total. The summed E-state index contributed by atoms with van der Waals surface area (Å²) >= 11 is 0.975. The second-order valence-electron chi connectivity index (χ2n) is 4.47. The number of rotatable bonds is 5. The smallest absolute Gasteiger partial charge is 0.383 e. The number of thioether (sulfide) groups is 1. The van der Waals surface area contributed by atoms with Crippen LogP contribution in [0.3, 0.4) is 0 Å². The largest absolute Gasteiger partial charge is 0.415 e. The number of hydrogen-bond donors (Lipinski definition) is 1. The quantitative estimate of drug-likeness (QED) is 0.909. The number of carbonyl (C=O) groups is 1. The second-order valence-corrected chi connectivity index (χ2v) is 5.50. The molecule has 1 amide bonds. The highest BCUT2D eigenvalue weighted by Crippen LogP contribution is 2.24. The van der Waals surface area contributed by atoms with Crippen molar-refractivity contribution in [2.45, 2.75) is 18.0 Å². The van der Waals surface area contributed by atoms with E-state index in [0.29, 0.717) is 11.3 Å². The van der Waals surface area contributed by atoms with E-state index in [9.17, 15) is 18.0 Å². The summed E-state index contributed by atoms with van der Waals surface area (Å²) in [4.78, 5) is 13.2. The molecule has 1 aromatic rings. The summed E-state index contributed by atoms with van der Waals surface area (Å²) in [7, 11) is 3.26. The van der Waals surface area contributed by atoms with Crippen molar-refractivity contribution < 1.29 is 23.1 Å². The van der Waals surface area contributed by atoms with E-state index in [-0.39, 0.29) is 5.91 Å². The van der Waals surface area contributed by atoms with Gasteiger partial charge in [0.05, 0.1) is 0 Å².